The SMILES string of the molecule is CCNC(=O)[C@@H](C)Sc1nnc(-c2cccnc2)n1Cc1ccccc1. The molecule has 0 aliphatic heterocycles. The summed E-state index contributed by atoms with van der Waals surface area (Å²) in [7, 11) is 0. The highest BCUT2D eigenvalue weighted by Gasteiger charge is 2.20. The fourth-order valence-electron chi connectivity index (χ4n) is 2.52. The van der Waals surface area contributed by atoms with Crippen molar-refractivity contribution < 1.29 is 4.79 Å². The van der Waals surface area contributed by atoms with Crippen molar-refractivity contribution in [1.82, 2.24) is 25.1 Å². The zero-order valence-electron chi connectivity index (χ0n) is 14.8. The zero-order valence-corrected chi connectivity index (χ0v) is 15.6. The van der Waals surface area contributed by atoms with Gasteiger partial charge in [-0.05, 0) is 31.5 Å². The van der Waals surface area contributed by atoms with Crippen molar-refractivity contribution in [3.8, 4) is 11.4 Å². The van der Waals surface area contributed by atoms with E-state index in [9.17, 15) is 4.79 Å². The Morgan fingerprint density at radius 1 is 1.19 bits per heavy atom. The Bertz CT molecular complexity index is 851. The van der Waals surface area contributed by atoms with E-state index in [4.69, 9.17) is 0 Å². The van der Waals surface area contributed by atoms with Gasteiger partial charge in [0.2, 0.25) is 5.91 Å². The Labute approximate surface area is 157 Å². The molecule has 6 nitrogen and oxygen atoms in total. The number of hydrogen-bond donors (Lipinski definition) is 1. The molecular formula is C19H21N5OS. The van der Waals surface area contributed by atoms with Crippen molar-refractivity contribution in [3.63, 3.8) is 0 Å². The molecule has 1 N–H and O–H groups in total. The molecule has 0 aliphatic rings. The van der Waals surface area contributed by atoms with E-state index in [0.29, 0.717) is 18.2 Å². The van der Waals surface area contributed by atoms with E-state index in [-0.39, 0.29) is 11.2 Å². The average molecular weight is 367 g/mol. The van der Waals surface area contributed by atoms with Crippen LogP contribution in [0.1, 0.15) is 19.4 Å². The van der Waals surface area contributed by atoms with Gasteiger partial charge in [0.1, 0.15) is 0 Å². The number of hydrogen-bond acceptors (Lipinski definition) is 5. The Hall–Kier alpha value is -2.67. The van der Waals surface area contributed by atoms with E-state index >= 15 is 0 Å². The quantitative estimate of drug-likeness (QED) is 0.650. The van der Waals surface area contributed by atoms with Gasteiger partial charge >= 0.3 is 0 Å². The van der Waals surface area contributed by atoms with Crippen molar-refractivity contribution in [2.75, 3.05) is 6.54 Å². The summed E-state index contributed by atoms with van der Waals surface area (Å²) in [5, 5.41) is 12.0. The fourth-order valence-corrected chi connectivity index (χ4v) is 3.40. The van der Waals surface area contributed by atoms with E-state index in [2.05, 4.69) is 32.6 Å². The Balaban J connectivity index is 1.94. The Kier molecular flexibility index (Phi) is 6.01. The summed E-state index contributed by atoms with van der Waals surface area (Å²) in [5.41, 5.74) is 2.04. The lowest BCUT2D eigenvalue weighted by Gasteiger charge is -2.13. The van der Waals surface area contributed by atoms with Gasteiger partial charge in [-0.2, -0.15) is 0 Å². The lowest BCUT2D eigenvalue weighted by atomic mass is 10.2. The molecule has 0 aliphatic carbocycles. The normalized spacial score (nSPS) is 11.9. The molecule has 3 rings (SSSR count). The van der Waals surface area contributed by atoms with Crippen LogP contribution in [0.4, 0.5) is 0 Å². The van der Waals surface area contributed by atoms with Crippen LogP contribution in [0.5, 0.6) is 0 Å². The minimum Gasteiger partial charge on any atom is -0.355 e. The minimum absolute atomic E-state index is 0.00492. The van der Waals surface area contributed by atoms with Crippen molar-refractivity contribution in [2.24, 2.45) is 0 Å². The molecule has 2 heterocycles. The molecule has 0 radical (unpaired) electrons. The lowest BCUT2D eigenvalue weighted by molar-refractivity contribution is -0.120. The Morgan fingerprint density at radius 3 is 2.69 bits per heavy atom. The maximum atomic E-state index is 12.1. The lowest BCUT2D eigenvalue weighted by Crippen LogP contribution is -2.30. The molecule has 0 bridgehead atoms. The number of benzene rings is 1. The summed E-state index contributed by atoms with van der Waals surface area (Å²) in [6.45, 7) is 5.03. The number of aromatic nitrogens is 4. The number of nitrogens with one attached hydrogen (secondary N) is 1. The molecule has 3 aromatic rings. The number of carbonyl (C=O) groups is 1. The van der Waals surface area contributed by atoms with Crippen LogP contribution in [-0.4, -0.2) is 37.5 Å². The van der Waals surface area contributed by atoms with E-state index in [0.717, 1.165) is 17.0 Å². The molecule has 0 saturated heterocycles. The third-order valence-corrected chi connectivity index (χ3v) is 4.90. The van der Waals surface area contributed by atoms with E-state index < -0.39 is 0 Å². The van der Waals surface area contributed by atoms with Gasteiger partial charge in [0.15, 0.2) is 11.0 Å². The van der Waals surface area contributed by atoms with Crippen molar-refractivity contribution in [1.29, 1.82) is 0 Å². The second kappa shape index (κ2) is 8.62. The first-order chi connectivity index (χ1) is 12.7. The third kappa shape index (κ3) is 4.29. The van der Waals surface area contributed by atoms with Gasteiger partial charge in [0.25, 0.3) is 0 Å². The molecule has 0 spiro atoms. The fraction of sp³-hybridized carbons (Fsp3) is 0.263. The monoisotopic (exact) mass is 367 g/mol. The molecule has 0 fully saturated rings. The van der Waals surface area contributed by atoms with Crippen LogP contribution >= 0.6 is 11.8 Å². The molecule has 26 heavy (non-hydrogen) atoms. The minimum atomic E-state index is -0.254. The second-order valence-electron chi connectivity index (χ2n) is 5.77. The summed E-state index contributed by atoms with van der Waals surface area (Å²) < 4.78 is 2.03. The first kappa shape index (κ1) is 18.1. The summed E-state index contributed by atoms with van der Waals surface area (Å²) in [6.07, 6.45) is 3.50. The van der Waals surface area contributed by atoms with Crippen molar-refractivity contribution >= 4 is 17.7 Å². The van der Waals surface area contributed by atoms with Gasteiger partial charge in [-0.25, -0.2) is 0 Å². The molecule has 0 unspecified atom stereocenters. The largest absolute Gasteiger partial charge is 0.355 e. The number of pyridine rings is 1. The maximum absolute atomic E-state index is 12.1. The number of thioether (sulfide) groups is 1. The van der Waals surface area contributed by atoms with Gasteiger partial charge in [-0.3, -0.25) is 14.3 Å². The number of amides is 1. The number of nitrogens with zero attached hydrogens (tertiary/aromatic N) is 4. The summed E-state index contributed by atoms with van der Waals surface area (Å²) in [4.78, 5) is 16.3. The van der Waals surface area contributed by atoms with E-state index in [1.165, 1.54) is 11.8 Å². The van der Waals surface area contributed by atoms with E-state index in [1.54, 1.807) is 12.4 Å². The smallest absolute Gasteiger partial charge is 0.233 e. The topological polar surface area (TPSA) is 72.7 Å². The van der Waals surface area contributed by atoms with Gasteiger partial charge in [-0.15, -0.1) is 10.2 Å². The maximum Gasteiger partial charge on any atom is 0.233 e. The first-order valence-corrected chi connectivity index (χ1v) is 9.39. The molecule has 1 atom stereocenters. The van der Waals surface area contributed by atoms with Gasteiger partial charge in [0.05, 0.1) is 11.8 Å². The van der Waals surface area contributed by atoms with Gasteiger partial charge in [0, 0.05) is 24.5 Å². The van der Waals surface area contributed by atoms with Gasteiger partial charge < -0.3 is 5.32 Å². The molecular weight excluding hydrogens is 346 g/mol. The molecule has 134 valence electrons. The van der Waals surface area contributed by atoms with E-state index in [1.807, 2.05) is 48.7 Å². The Morgan fingerprint density at radius 2 is 2.00 bits per heavy atom. The van der Waals surface area contributed by atoms with Crippen LogP contribution in [-0.2, 0) is 11.3 Å². The van der Waals surface area contributed by atoms with Crippen LogP contribution in [0.2, 0.25) is 0 Å². The molecule has 7 heteroatoms. The standard InChI is InChI=1S/C19H21N5OS/c1-3-21-18(25)14(2)26-19-23-22-17(16-10-7-11-20-12-16)24(19)13-15-8-5-4-6-9-15/h4-12,14H,3,13H2,1-2H3,(H,21,25)/t14-/m1/s1. The highest BCUT2D eigenvalue weighted by atomic mass is 32.2. The van der Waals surface area contributed by atoms with Crippen LogP contribution in [0.3, 0.4) is 0 Å². The highest BCUT2D eigenvalue weighted by Crippen LogP contribution is 2.27. The van der Waals surface area contributed by atoms with Gasteiger partial charge in [-0.1, -0.05) is 42.1 Å². The summed E-state index contributed by atoms with van der Waals surface area (Å²) in [5.74, 6) is 0.738. The summed E-state index contributed by atoms with van der Waals surface area (Å²) >= 11 is 1.41. The third-order valence-electron chi connectivity index (χ3n) is 3.82. The number of carbonyl (C=O) groups excluding carboxylic acids is 1. The average Bonchev–Trinajstić information content (AvgIpc) is 3.05. The van der Waals surface area contributed by atoms with Crippen molar-refractivity contribution in [2.45, 2.75) is 30.8 Å². The zero-order chi connectivity index (χ0) is 18.4. The predicted molar refractivity (Wildman–Crippen MR) is 103 cm³/mol. The van der Waals surface area contributed by atoms with Crippen molar-refractivity contribution in [3.05, 3.63) is 60.4 Å². The molecule has 0 saturated carbocycles. The predicted octanol–water partition coefficient (Wildman–Crippen LogP) is 3.01. The van der Waals surface area contributed by atoms with Crippen LogP contribution in [0.25, 0.3) is 11.4 Å². The molecule has 1 aromatic carbocycles. The number of rotatable bonds is 7. The highest BCUT2D eigenvalue weighted by molar-refractivity contribution is 8.00. The first-order valence-electron chi connectivity index (χ1n) is 8.51. The molecule has 2 aromatic heterocycles. The van der Waals surface area contributed by atoms with Crippen LogP contribution in [0, 0.1) is 0 Å². The molecule has 1 amide bonds. The van der Waals surface area contributed by atoms with Crippen LogP contribution in [0.15, 0.2) is 60.0 Å². The second-order valence-corrected chi connectivity index (χ2v) is 7.08. The van der Waals surface area contributed by atoms with Crippen LogP contribution < -0.4 is 5.32 Å². The summed E-state index contributed by atoms with van der Waals surface area (Å²) in [6, 6.07) is 14.0.